The normalized spacial score (nSPS) is 12.8. The summed E-state index contributed by atoms with van der Waals surface area (Å²) >= 11 is 3.53. The highest BCUT2D eigenvalue weighted by Gasteiger charge is 2.04. The molecule has 0 saturated carbocycles. The Labute approximate surface area is 80.7 Å². The van der Waals surface area contributed by atoms with Crippen LogP contribution < -0.4 is 5.32 Å². The van der Waals surface area contributed by atoms with E-state index in [9.17, 15) is 0 Å². The molecule has 1 aromatic carbocycles. The van der Waals surface area contributed by atoms with Gasteiger partial charge in [0.15, 0.2) is 0 Å². The van der Waals surface area contributed by atoms with E-state index in [2.05, 4.69) is 21.2 Å². The molecule has 2 nitrogen and oxygen atoms in total. The van der Waals surface area contributed by atoms with Gasteiger partial charge in [-0.05, 0) is 24.7 Å². The van der Waals surface area contributed by atoms with Crippen molar-refractivity contribution < 1.29 is 5.11 Å². The number of phenolic OH excluding ortho intramolecular Hbond substituents is 1. The third-order valence-corrected chi connectivity index (χ3v) is 2.49. The molecule has 2 N–H and O–H groups in total. The third kappa shape index (κ3) is 2.50. The van der Waals surface area contributed by atoms with Crippen molar-refractivity contribution >= 4 is 15.9 Å². The van der Waals surface area contributed by atoms with E-state index in [1.165, 1.54) is 5.56 Å². The second-order valence-corrected chi connectivity index (χ2v) is 3.72. The smallest absolute Gasteiger partial charge is 0.115 e. The first-order valence-corrected chi connectivity index (χ1v) is 4.73. The Balaban J connectivity index is 2.68. The number of halogens is 1. The zero-order valence-electron chi connectivity index (χ0n) is 6.92. The number of hydrogen-bond acceptors (Lipinski definition) is 2. The molecule has 0 aliphatic heterocycles. The van der Waals surface area contributed by atoms with Crippen molar-refractivity contribution in [2.24, 2.45) is 0 Å². The van der Waals surface area contributed by atoms with Crippen molar-refractivity contribution in [1.82, 2.24) is 5.32 Å². The van der Waals surface area contributed by atoms with Crippen molar-refractivity contribution in [2.75, 3.05) is 13.6 Å². The van der Waals surface area contributed by atoms with Gasteiger partial charge in [-0.2, -0.15) is 0 Å². The first-order valence-electron chi connectivity index (χ1n) is 3.81. The lowest BCUT2D eigenvalue weighted by atomic mass is 10.1. The van der Waals surface area contributed by atoms with Gasteiger partial charge in [-0.25, -0.2) is 0 Å². The van der Waals surface area contributed by atoms with Gasteiger partial charge in [0.05, 0.1) is 4.83 Å². The standard InChI is InChI=1S/C9H12BrNO/c1-11-6-9(10)7-2-4-8(12)5-3-7/h2-5,9,11-12H,6H2,1H3. The Morgan fingerprint density at radius 3 is 2.50 bits per heavy atom. The number of aromatic hydroxyl groups is 1. The molecule has 0 spiro atoms. The van der Waals surface area contributed by atoms with E-state index < -0.39 is 0 Å². The molecule has 1 aromatic rings. The molecule has 66 valence electrons. The van der Waals surface area contributed by atoms with E-state index in [1.807, 2.05) is 19.2 Å². The summed E-state index contributed by atoms with van der Waals surface area (Å²) in [5, 5.41) is 12.1. The molecule has 12 heavy (non-hydrogen) atoms. The fourth-order valence-corrected chi connectivity index (χ4v) is 1.61. The third-order valence-electron chi connectivity index (χ3n) is 1.64. The molecule has 0 amide bonds. The maximum atomic E-state index is 9.04. The lowest BCUT2D eigenvalue weighted by molar-refractivity contribution is 0.475. The number of nitrogens with one attached hydrogen (secondary N) is 1. The van der Waals surface area contributed by atoms with Gasteiger partial charge >= 0.3 is 0 Å². The second kappa shape index (κ2) is 4.48. The minimum absolute atomic E-state index is 0.308. The number of likely N-dealkylation sites (N-methyl/N-ethyl adjacent to an activating group) is 1. The van der Waals surface area contributed by atoms with Crippen LogP contribution in [-0.4, -0.2) is 18.7 Å². The maximum absolute atomic E-state index is 9.04. The van der Waals surface area contributed by atoms with Gasteiger partial charge in [0, 0.05) is 6.54 Å². The van der Waals surface area contributed by atoms with E-state index >= 15 is 0 Å². The number of hydrogen-bond donors (Lipinski definition) is 2. The molecule has 0 heterocycles. The van der Waals surface area contributed by atoms with Gasteiger partial charge in [-0.15, -0.1) is 0 Å². The van der Waals surface area contributed by atoms with Crippen LogP contribution in [0.4, 0.5) is 0 Å². The van der Waals surface area contributed by atoms with E-state index in [1.54, 1.807) is 12.1 Å². The summed E-state index contributed by atoms with van der Waals surface area (Å²) in [6, 6.07) is 7.21. The van der Waals surface area contributed by atoms with Gasteiger partial charge in [-0.3, -0.25) is 0 Å². The molecule has 0 aliphatic carbocycles. The Morgan fingerprint density at radius 2 is 2.00 bits per heavy atom. The van der Waals surface area contributed by atoms with Crippen LogP contribution in [0.2, 0.25) is 0 Å². The SMILES string of the molecule is CNCC(Br)c1ccc(O)cc1. The van der Waals surface area contributed by atoms with Crippen molar-refractivity contribution in [3.8, 4) is 5.75 Å². The molecule has 0 aliphatic rings. The van der Waals surface area contributed by atoms with Crippen LogP contribution in [0.3, 0.4) is 0 Å². The fourth-order valence-electron chi connectivity index (χ4n) is 0.980. The van der Waals surface area contributed by atoms with Crippen molar-refractivity contribution in [1.29, 1.82) is 0 Å². The lowest BCUT2D eigenvalue weighted by Crippen LogP contribution is -2.12. The highest BCUT2D eigenvalue weighted by Crippen LogP contribution is 2.23. The highest BCUT2D eigenvalue weighted by atomic mass is 79.9. The minimum Gasteiger partial charge on any atom is -0.508 e. The van der Waals surface area contributed by atoms with Crippen LogP contribution >= 0.6 is 15.9 Å². The van der Waals surface area contributed by atoms with Gasteiger partial charge in [0.2, 0.25) is 0 Å². The number of alkyl halides is 1. The molecule has 0 radical (unpaired) electrons. The van der Waals surface area contributed by atoms with Crippen LogP contribution in [0.1, 0.15) is 10.4 Å². The molecule has 3 heteroatoms. The Bertz CT molecular complexity index is 235. The summed E-state index contributed by atoms with van der Waals surface area (Å²) in [7, 11) is 1.91. The summed E-state index contributed by atoms with van der Waals surface area (Å²) < 4.78 is 0. The number of benzene rings is 1. The molecule has 1 rings (SSSR count). The molecular weight excluding hydrogens is 218 g/mol. The average Bonchev–Trinajstić information content (AvgIpc) is 2.06. The fraction of sp³-hybridized carbons (Fsp3) is 0.333. The Hall–Kier alpha value is -0.540. The van der Waals surface area contributed by atoms with Gasteiger partial charge in [0.25, 0.3) is 0 Å². The summed E-state index contributed by atoms with van der Waals surface area (Å²) in [6.45, 7) is 0.880. The zero-order chi connectivity index (χ0) is 8.97. The molecule has 0 saturated heterocycles. The maximum Gasteiger partial charge on any atom is 0.115 e. The predicted molar refractivity (Wildman–Crippen MR) is 53.7 cm³/mol. The van der Waals surface area contributed by atoms with E-state index in [0.717, 1.165) is 6.54 Å². The molecule has 1 unspecified atom stereocenters. The number of rotatable bonds is 3. The summed E-state index contributed by atoms with van der Waals surface area (Å²) in [5.41, 5.74) is 1.17. The quantitative estimate of drug-likeness (QED) is 0.779. The summed E-state index contributed by atoms with van der Waals surface area (Å²) in [4.78, 5) is 0.308. The largest absolute Gasteiger partial charge is 0.508 e. The van der Waals surface area contributed by atoms with E-state index in [0.29, 0.717) is 10.6 Å². The summed E-state index contributed by atoms with van der Waals surface area (Å²) in [5.74, 6) is 0.308. The van der Waals surface area contributed by atoms with E-state index in [4.69, 9.17) is 5.11 Å². The van der Waals surface area contributed by atoms with Crippen molar-refractivity contribution in [3.63, 3.8) is 0 Å². The van der Waals surface area contributed by atoms with Gasteiger partial charge in [-0.1, -0.05) is 28.1 Å². The number of phenols is 1. The molecule has 0 bridgehead atoms. The van der Waals surface area contributed by atoms with Gasteiger partial charge in [0.1, 0.15) is 5.75 Å². The molecule has 1 atom stereocenters. The first kappa shape index (κ1) is 9.55. The Kier molecular flexibility index (Phi) is 3.56. The molecular formula is C9H12BrNO. The molecule has 0 aromatic heterocycles. The highest BCUT2D eigenvalue weighted by molar-refractivity contribution is 9.09. The van der Waals surface area contributed by atoms with Crippen molar-refractivity contribution in [2.45, 2.75) is 4.83 Å². The first-order chi connectivity index (χ1) is 5.74. The van der Waals surface area contributed by atoms with Gasteiger partial charge < -0.3 is 10.4 Å². The lowest BCUT2D eigenvalue weighted by Gasteiger charge is -2.08. The Morgan fingerprint density at radius 1 is 1.42 bits per heavy atom. The zero-order valence-corrected chi connectivity index (χ0v) is 8.51. The average molecular weight is 230 g/mol. The van der Waals surface area contributed by atoms with Crippen LogP contribution in [0.5, 0.6) is 5.75 Å². The predicted octanol–water partition coefficient (Wildman–Crippen LogP) is 2.05. The summed E-state index contributed by atoms with van der Waals surface area (Å²) in [6.07, 6.45) is 0. The minimum atomic E-state index is 0.308. The van der Waals surface area contributed by atoms with Crippen LogP contribution in [-0.2, 0) is 0 Å². The topological polar surface area (TPSA) is 32.3 Å². The van der Waals surface area contributed by atoms with Crippen LogP contribution in [0, 0.1) is 0 Å². The second-order valence-electron chi connectivity index (χ2n) is 2.62. The van der Waals surface area contributed by atoms with Crippen LogP contribution in [0.15, 0.2) is 24.3 Å². The monoisotopic (exact) mass is 229 g/mol. The molecule has 0 fully saturated rings. The van der Waals surface area contributed by atoms with Crippen LogP contribution in [0.25, 0.3) is 0 Å². The van der Waals surface area contributed by atoms with Crippen molar-refractivity contribution in [3.05, 3.63) is 29.8 Å². The van der Waals surface area contributed by atoms with E-state index in [-0.39, 0.29) is 0 Å².